The molecule has 0 unspecified atom stereocenters. The van der Waals surface area contributed by atoms with Crippen LogP contribution in [0.5, 0.6) is 6.01 Å². The van der Waals surface area contributed by atoms with Crippen molar-refractivity contribution in [1.29, 1.82) is 5.26 Å². The molecule has 64 valence electrons. The molecule has 0 amide bonds. The van der Waals surface area contributed by atoms with E-state index < -0.39 is 0 Å². The Kier molecular flexibility index (Phi) is 1.64. The van der Waals surface area contributed by atoms with Crippen LogP contribution in [0.2, 0.25) is 0 Å². The third-order valence-electron chi connectivity index (χ3n) is 1.78. The summed E-state index contributed by atoms with van der Waals surface area (Å²) in [6.07, 6.45) is 0. The van der Waals surface area contributed by atoms with Crippen molar-refractivity contribution in [1.82, 2.24) is 9.97 Å². The van der Waals surface area contributed by atoms with Gasteiger partial charge < -0.3 is 9.72 Å². The second-order valence-electron chi connectivity index (χ2n) is 2.59. The molecule has 0 aliphatic carbocycles. The van der Waals surface area contributed by atoms with Gasteiger partial charge in [0.15, 0.2) is 0 Å². The lowest BCUT2D eigenvalue weighted by Crippen LogP contribution is -1.82. The highest BCUT2D eigenvalue weighted by Gasteiger charge is 2.02. The average molecular weight is 173 g/mol. The summed E-state index contributed by atoms with van der Waals surface area (Å²) >= 11 is 0. The highest BCUT2D eigenvalue weighted by atomic mass is 16.5. The summed E-state index contributed by atoms with van der Waals surface area (Å²) in [4.78, 5) is 7.05. The van der Waals surface area contributed by atoms with Crippen LogP contribution in [0.3, 0.4) is 0 Å². The summed E-state index contributed by atoms with van der Waals surface area (Å²) < 4.78 is 4.92. The molecule has 13 heavy (non-hydrogen) atoms. The van der Waals surface area contributed by atoms with E-state index in [1.165, 1.54) is 0 Å². The monoisotopic (exact) mass is 173 g/mol. The second-order valence-corrected chi connectivity index (χ2v) is 2.59. The number of nitrogens with one attached hydrogen (secondary N) is 1. The quantitative estimate of drug-likeness (QED) is 0.709. The summed E-state index contributed by atoms with van der Waals surface area (Å²) in [5, 5.41) is 8.65. The Bertz CT molecular complexity index is 481. The summed E-state index contributed by atoms with van der Waals surface area (Å²) in [5.74, 6) is 0. The number of nitriles is 1. The number of ether oxygens (including phenoxy) is 1. The maximum absolute atomic E-state index is 8.65. The summed E-state index contributed by atoms with van der Waals surface area (Å²) in [6, 6.07) is 7.77. The number of hydrogen-bond acceptors (Lipinski definition) is 3. The van der Waals surface area contributed by atoms with Crippen molar-refractivity contribution >= 4 is 11.0 Å². The standard InChI is InChI=1S/C9H7N3O/c1-13-9-11-7-3-2-6(5-10)4-8(7)12-9/h2-4H,1H3,(H,11,12). The third-order valence-corrected chi connectivity index (χ3v) is 1.78. The maximum atomic E-state index is 8.65. The Hall–Kier alpha value is -2.02. The van der Waals surface area contributed by atoms with Crippen molar-refractivity contribution in [3.63, 3.8) is 0 Å². The van der Waals surface area contributed by atoms with Crippen molar-refractivity contribution in [2.24, 2.45) is 0 Å². The number of methoxy groups -OCH3 is 1. The van der Waals surface area contributed by atoms with Crippen molar-refractivity contribution in [3.8, 4) is 12.1 Å². The van der Waals surface area contributed by atoms with E-state index in [1.54, 1.807) is 25.3 Å². The molecule has 2 rings (SSSR count). The van der Waals surface area contributed by atoms with Crippen molar-refractivity contribution in [2.45, 2.75) is 0 Å². The fourth-order valence-corrected chi connectivity index (χ4v) is 1.15. The number of H-pyrrole nitrogens is 1. The van der Waals surface area contributed by atoms with Gasteiger partial charge in [0.2, 0.25) is 0 Å². The first-order valence-electron chi connectivity index (χ1n) is 3.77. The molecule has 0 aliphatic rings. The molecular weight excluding hydrogens is 166 g/mol. The number of imidazole rings is 1. The molecule has 1 aromatic carbocycles. The highest BCUT2D eigenvalue weighted by Crippen LogP contribution is 2.16. The molecule has 0 bridgehead atoms. The van der Waals surface area contributed by atoms with E-state index in [-0.39, 0.29) is 0 Å². The minimum atomic E-state index is 0.463. The van der Waals surface area contributed by atoms with Gasteiger partial charge in [-0.1, -0.05) is 0 Å². The first-order valence-corrected chi connectivity index (χ1v) is 3.77. The number of aromatic amines is 1. The number of hydrogen-bond donors (Lipinski definition) is 1. The molecule has 1 heterocycles. The highest BCUT2D eigenvalue weighted by molar-refractivity contribution is 5.77. The zero-order valence-corrected chi connectivity index (χ0v) is 7.03. The SMILES string of the molecule is COc1nc2ccc(C#N)cc2[nH]1. The number of rotatable bonds is 1. The van der Waals surface area contributed by atoms with Crippen LogP contribution in [0.4, 0.5) is 0 Å². The van der Waals surface area contributed by atoms with Gasteiger partial charge in [-0.05, 0) is 18.2 Å². The van der Waals surface area contributed by atoms with Crippen LogP contribution in [-0.4, -0.2) is 17.1 Å². The van der Waals surface area contributed by atoms with Gasteiger partial charge in [-0.2, -0.15) is 10.2 Å². The number of nitrogens with zero attached hydrogens (tertiary/aromatic N) is 2. The fourth-order valence-electron chi connectivity index (χ4n) is 1.15. The lowest BCUT2D eigenvalue weighted by molar-refractivity contribution is 0.386. The molecule has 0 fully saturated rings. The van der Waals surface area contributed by atoms with Gasteiger partial charge in [0.1, 0.15) is 0 Å². The molecule has 0 aliphatic heterocycles. The van der Waals surface area contributed by atoms with Crippen molar-refractivity contribution < 1.29 is 4.74 Å². The van der Waals surface area contributed by atoms with E-state index in [0.717, 1.165) is 11.0 Å². The molecule has 2 aromatic rings. The van der Waals surface area contributed by atoms with E-state index in [9.17, 15) is 0 Å². The molecule has 1 N–H and O–H groups in total. The lowest BCUT2D eigenvalue weighted by atomic mass is 10.2. The third kappa shape index (κ3) is 1.20. The van der Waals surface area contributed by atoms with Gasteiger partial charge in [-0.3, -0.25) is 0 Å². The Morgan fingerprint density at radius 1 is 1.54 bits per heavy atom. The molecule has 0 atom stereocenters. The van der Waals surface area contributed by atoms with Gasteiger partial charge in [0.05, 0.1) is 29.8 Å². The largest absolute Gasteiger partial charge is 0.468 e. The van der Waals surface area contributed by atoms with Gasteiger partial charge in [-0.25, -0.2) is 0 Å². The zero-order chi connectivity index (χ0) is 9.26. The average Bonchev–Trinajstić information content (AvgIpc) is 2.58. The summed E-state index contributed by atoms with van der Waals surface area (Å²) in [6.45, 7) is 0. The normalized spacial score (nSPS) is 9.85. The van der Waals surface area contributed by atoms with E-state index >= 15 is 0 Å². The fraction of sp³-hybridized carbons (Fsp3) is 0.111. The molecule has 4 nitrogen and oxygen atoms in total. The van der Waals surface area contributed by atoms with E-state index in [4.69, 9.17) is 10.00 Å². The van der Waals surface area contributed by atoms with Crippen LogP contribution in [0.25, 0.3) is 11.0 Å². The van der Waals surface area contributed by atoms with Crippen molar-refractivity contribution in [2.75, 3.05) is 7.11 Å². The van der Waals surface area contributed by atoms with Gasteiger partial charge in [-0.15, -0.1) is 0 Å². The van der Waals surface area contributed by atoms with E-state index in [2.05, 4.69) is 16.0 Å². The van der Waals surface area contributed by atoms with Crippen LogP contribution >= 0.6 is 0 Å². The molecule has 0 spiro atoms. The van der Waals surface area contributed by atoms with Gasteiger partial charge in [0, 0.05) is 0 Å². The van der Waals surface area contributed by atoms with Gasteiger partial charge >= 0.3 is 0 Å². The molecule has 0 radical (unpaired) electrons. The first-order chi connectivity index (χ1) is 6.33. The molecule has 0 saturated heterocycles. The molecule has 1 aromatic heterocycles. The maximum Gasteiger partial charge on any atom is 0.294 e. The topological polar surface area (TPSA) is 61.7 Å². The number of aromatic nitrogens is 2. The minimum absolute atomic E-state index is 0.463. The molecule has 4 heteroatoms. The van der Waals surface area contributed by atoms with Gasteiger partial charge in [0.25, 0.3) is 6.01 Å². The Balaban J connectivity index is 2.65. The summed E-state index contributed by atoms with van der Waals surface area (Å²) in [7, 11) is 1.54. The van der Waals surface area contributed by atoms with Crippen LogP contribution in [0.1, 0.15) is 5.56 Å². The molecular formula is C9H7N3O. The lowest BCUT2D eigenvalue weighted by Gasteiger charge is -1.87. The predicted molar refractivity (Wildman–Crippen MR) is 47.4 cm³/mol. The van der Waals surface area contributed by atoms with Crippen LogP contribution < -0.4 is 4.74 Å². The van der Waals surface area contributed by atoms with Crippen molar-refractivity contribution in [3.05, 3.63) is 23.8 Å². The molecule has 0 saturated carbocycles. The Morgan fingerprint density at radius 3 is 3.08 bits per heavy atom. The predicted octanol–water partition coefficient (Wildman–Crippen LogP) is 1.44. The van der Waals surface area contributed by atoms with E-state index in [1.807, 2.05) is 0 Å². The van der Waals surface area contributed by atoms with E-state index in [0.29, 0.717) is 11.6 Å². The van der Waals surface area contributed by atoms with Crippen LogP contribution in [0, 0.1) is 11.3 Å². The second kappa shape index (κ2) is 2.79. The Morgan fingerprint density at radius 2 is 2.38 bits per heavy atom. The van der Waals surface area contributed by atoms with Crippen LogP contribution in [0.15, 0.2) is 18.2 Å². The zero-order valence-electron chi connectivity index (χ0n) is 7.03. The smallest absolute Gasteiger partial charge is 0.294 e. The first kappa shape index (κ1) is 7.62. The minimum Gasteiger partial charge on any atom is -0.468 e. The Labute approximate surface area is 74.8 Å². The number of fused-ring (bicyclic) bond motifs is 1. The summed E-state index contributed by atoms with van der Waals surface area (Å²) in [5.41, 5.74) is 2.23. The number of benzene rings is 1. The van der Waals surface area contributed by atoms with Crippen LogP contribution in [-0.2, 0) is 0 Å².